The van der Waals surface area contributed by atoms with Gasteiger partial charge in [-0.2, -0.15) is 6.07 Å². The van der Waals surface area contributed by atoms with Crippen LogP contribution in [0.2, 0.25) is 13.1 Å². The maximum Gasteiger partial charge on any atom is 3.00 e. The summed E-state index contributed by atoms with van der Waals surface area (Å²) in [5.41, 5.74) is 9.62. The van der Waals surface area contributed by atoms with Crippen LogP contribution in [-0.4, -0.2) is 8.07 Å². The third-order valence-corrected chi connectivity index (χ3v) is 12.8. The van der Waals surface area contributed by atoms with Crippen molar-refractivity contribution in [2.75, 3.05) is 0 Å². The van der Waals surface area contributed by atoms with Gasteiger partial charge in [-0.1, -0.05) is 75.3 Å². The van der Waals surface area contributed by atoms with E-state index in [1.807, 2.05) is 11.3 Å². The molecule has 35 heavy (non-hydrogen) atoms. The van der Waals surface area contributed by atoms with Gasteiger partial charge in [0.25, 0.3) is 0 Å². The van der Waals surface area contributed by atoms with E-state index in [2.05, 4.69) is 108 Å². The Hall–Kier alpha value is -0.830. The molecule has 7 rings (SSSR count). The first-order valence-corrected chi connectivity index (χ1v) is 15.7. The van der Waals surface area contributed by atoms with E-state index in [9.17, 15) is 0 Å². The Kier molecular flexibility index (Phi) is 9.79. The number of hydrogen-bond donors (Lipinski definition) is 0. The van der Waals surface area contributed by atoms with Crippen LogP contribution < -0.4 is 24.8 Å². The number of hydrogen-bond acceptors (Lipinski definition) is 1. The van der Waals surface area contributed by atoms with Crippen molar-refractivity contribution < 1.29 is 51.0 Å². The standard InChI is InChI=1S/C19H19.C11H14SSi.2ClH.Zr/c1-13(2)15-7-9-16(10-8-15)18-6-4-5-17-11-14(3)12-19(17)18;1-6-5-8-9(12-6)11-7(2)10(8)13(11,3)4;;;/h4-13H,1-3H3;5,10H,1-4H3;2*1H;/q-1;;;;+3/p-2. The average molecular weight is 616 g/mol. The SMILES string of the molecule is CC1=C2c3sc(C)cc3C1[Si]2(C)C.Cc1cc2c(-c3ccc(C(C)C)cc3)cccc2[cH-]1.[Cl-].[Cl-].[Zr+3]. The summed E-state index contributed by atoms with van der Waals surface area (Å²) in [4.78, 5) is 3.14. The third kappa shape index (κ3) is 5.14. The van der Waals surface area contributed by atoms with Gasteiger partial charge in [-0.25, -0.2) is 0 Å². The predicted octanol–water partition coefficient (Wildman–Crippen LogP) is 3.39. The molecule has 3 aliphatic rings. The molecule has 1 aliphatic carbocycles. The molecular weight excluding hydrogens is 583 g/mol. The van der Waals surface area contributed by atoms with Crippen LogP contribution in [0.25, 0.3) is 27.1 Å². The minimum atomic E-state index is -0.995. The quantitative estimate of drug-likeness (QED) is 0.240. The molecular formula is C30H33Cl2SSiZr. The molecule has 5 heteroatoms. The van der Waals surface area contributed by atoms with Gasteiger partial charge in [0.2, 0.25) is 0 Å². The van der Waals surface area contributed by atoms with Crippen molar-refractivity contribution in [3.63, 3.8) is 0 Å². The van der Waals surface area contributed by atoms with Crippen LogP contribution in [0.5, 0.6) is 0 Å². The second-order valence-electron chi connectivity index (χ2n) is 10.5. The Morgan fingerprint density at radius 2 is 1.57 bits per heavy atom. The van der Waals surface area contributed by atoms with E-state index in [1.54, 1.807) is 21.2 Å². The number of rotatable bonds is 2. The van der Waals surface area contributed by atoms with Crippen LogP contribution in [0, 0.1) is 13.8 Å². The van der Waals surface area contributed by atoms with Crippen molar-refractivity contribution in [2.45, 2.75) is 59.2 Å². The zero-order valence-electron chi connectivity index (χ0n) is 21.6. The van der Waals surface area contributed by atoms with Crippen molar-refractivity contribution in [3.8, 4) is 11.1 Å². The number of benzene rings is 2. The predicted molar refractivity (Wildman–Crippen MR) is 146 cm³/mol. The molecule has 1 unspecified atom stereocenters. The van der Waals surface area contributed by atoms with Gasteiger partial charge in [-0.15, -0.1) is 45.9 Å². The van der Waals surface area contributed by atoms with Crippen molar-refractivity contribution in [3.05, 3.63) is 92.7 Å². The second-order valence-corrected chi connectivity index (χ2v) is 16.2. The molecule has 0 saturated heterocycles. The number of allylic oxidation sites excluding steroid dienone is 1. The van der Waals surface area contributed by atoms with E-state index >= 15 is 0 Å². The smallest absolute Gasteiger partial charge is 1.00 e. The molecule has 3 heterocycles. The van der Waals surface area contributed by atoms with Crippen molar-refractivity contribution in [1.82, 2.24) is 0 Å². The number of fused-ring (bicyclic) bond motifs is 1. The maximum absolute atomic E-state index is 2.52. The molecule has 1 radical (unpaired) electrons. The van der Waals surface area contributed by atoms with E-state index in [4.69, 9.17) is 0 Å². The van der Waals surface area contributed by atoms with Gasteiger partial charge in [-0.05, 0) is 47.7 Å². The van der Waals surface area contributed by atoms with Gasteiger partial charge < -0.3 is 24.8 Å². The van der Waals surface area contributed by atoms with E-state index in [0.29, 0.717) is 5.92 Å². The summed E-state index contributed by atoms with van der Waals surface area (Å²) in [6, 6.07) is 22.5. The van der Waals surface area contributed by atoms with Gasteiger partial charge in [0.1, 0.15) is 0 Å². The number of halogens is 2. The zero-order chi connectivity index (χ0) is 22.8. The van der Waals surface area contributed by atoms with E-state index in [-0.39, 0.29) is 51.0 Å². The Morgan fingerprint density at radius 1 is 0.914 bits per heavy atom. The summed E-state index contributed by atoms with van der Waals surface area (Å²) in [6.07, 6.45) is 0. The summed E-state index contributed by atoms with van der Waals surface area (Å²) in [7, 11) is -0.995. The fourth-order valence-electron chi connectivity index (χ4n) is 5.98. The van der Waals surface area contributed by atoms with Crippen molar-refractivity contribution >= 4 is 35.4 Å². The van der Waals surface area contributed by atoms with E-state index in [1.165, 1.54) is 37.9 Å². The normalized spacial score (nSPS) is 16.4. The Labute approximate surface area is 247 Å². The molecule has 1 atom stereocenters. The fourth-order valence-corrected chi connectivity index (χ4v) is 12.3. The molecule has 0 nitrogen and oxygen atoms in total. The summed E-state index contributed by atoms with van der Waals surface area (Å²) in [5.74, 6) is 0.589. The summed E-state index contributed by atoms with van der Waals surface area (Å²) < 4.78 is 0. The van der Waals surface area contributed by atoms with Gasteiger partial charge in [0.15, 0.2) is 0 Å². The van der Waals surface area contributed by atoms with Gasteiger partial charge >= 0.3 is 26.2 Å². The Balaban J connectivity index is 0.000000239. The van der Waals surface area contributed by atoms with Gasteiger partial charge in [-0.3, -0.25) is 0 Å². The summed E-state index contributed by atoms with van der Waals surface area (Å²) >= 11 is 2.01. The molecule has 0 saturated carbocycles. The van der Waals surface area contributed by atoms with Gasteiger partial charge in [0, 0.05) is 15.3 Å². The van der Waals surface area contributed by atoms with Gasteiger partial charge in [0.05, 0.1) is 8.07 Å². The van der Waals surface area contributed by atoms with Crippen LogP contribution in [0.1, 0.15) is 58.7 Å². The minimum absolute atomic E-state index is 0. The topological polar surface area (TPSA) is 0 Å². The molecule has 0 N–H and O–H groups in total. The Morgan fingerprint density at radius 3 is 2.14 bits per heavy atom. The van der Waals surface area contributed by atoms with Crippen molar-refractivity contribution in [2.24, 2.45) is 0 Å². The Bertz CT molecular complexity index is 1360. The van der Waals surface area contributed by atoms with Crippen LogP contribution in [0.3, 0.4) is 0 Å². The third-order valence-electron chi connectivity index (χ3n) is 7.40. The molecule has 1 aromatic heterocycles. The number of aryl methyl sites for hydroxylation is 2. The molecule has 0 fully saturated rings. The first-order valence-electron chi connectivity index (χ1n) is 11.8. The number of thiophene rings is 1. The van der Waals surface area contributed by atoms with Crippen molar-refractivity contribution in [1.29, 1.82) is 0 Å². The van der Waals surface area contributed by atoms with Crippen LogP contribution in [0.15, 0.2) is 66.2 Å². The fraction of sp³-hybridized carbons (Fsp3) is 0.300. The first-order chi connectivity index (χ1) is 15.2. The van der Waals surface area contributed by atoms with Crippen LogP contribution in [0.4, 0.5) is 0 Å². The molecule has 2 aliphatic heterocycles. The average Bonchev–Trinajstić information content (AvgIpc) is 3.41. The zero-order valence-corrected chi connectivity index (χ0v) is 27.4. The molecule has 0 spiro atoms. The minimum Gasteiger partial charge on any atom is -1.00 e. The molecule has 0 amide bonds. The van der Waals surface area contributed by atoms with E-state index < -0.39 is 8.07 Å². The van der Waals surface area contributed by atoms with Crippen LogP contribution >= 0.6 is 11.3 Å². The molecule has 2 bridgehead atoms. The largest absolute Gasteiger partial charge is 3.00 e. The molecule has 181 valence electrons. The van der Waals surface area contributed by atoms with E-state index in [0.717, 1.165) is 5.54 Å². The second kappa shape index (κ2) is 11.3. The summed E-state index contributed by atoms with van der Waals surface area (Å²) in [5, 5.41) is 4.48. The monoisotopic (exact) mass is 613 g/mol. The molecule has 3 aromatic carbocycles. The summed E-state index contributed by atoms with van der Waals surface area (Å²) in [6.45, 7) is 16.2. The molecule has 4 aromatic rings. The maximum atomic E-state index is 2.52. The van der Waals surface area contributed by atoms with Crippen LogP contribution in [-0.2, 0) is 26.2 Å². The first kappa shape index (κ1) is 30.4.